The lowest BCUT2D eigenvalue weighted by Crippen LogP contribution is -2.15. The molecule has 4 nitrogen and oxygen atoms in total. The van der Waals surface area contributed by atoms with Crippen molar-refractivity contribution < 1.29 is 0 Å². The predicted octanol–water partition coefficient (Wildman–Crippen LogP) is 4.08. The Labute approximate surface area is 126 Å². The van der Waals surface area contributed by atoms with Gasteiger partial charge in [0.05, 0.1) is 5.69 Å². The first-order valence-electron chi connectivity index (χ1n) is 8.29. The van der Waals surface area contributed by atoms with E-state index in [2.05, 4.69) is 21.5 Å². The number of hydrogen-bond donors (Lipinski definition) is 1. The number of nitrogens with zero attached hydrogens (tertiary/aromatic N) is 3. The molecular formula is C17H26N4. The van der Waals surface area contributed by atoms with Gasteiger partial charge in [-0.05, 0) is 50.2 Å². The average Bonchev–Trinajstić information content (AvgIpc) is 2.89. The highest BCUT2D eigenvalue weighted by molar-refractivity contribution is 5.53. The van der Waals surface area contributed by atoms with Gasteiger partial charge in [-0.3, -0.25) is 4.40 Å². The van der Waals surface area contributed by atoms with Crippen molar-refractivity contribution in [3.63, 3.8) is 0 Å². The van der Waals surface area contributed by atoms with Crippen molar-refractivity contribution in [2.75, 3.05) is 5.73 Å². The van der Waals surface area contributed by atoms with Gasteiger partial charge < -0.3 is 5.73 Å². The molecule has 114 valence electrons. The van der Waals surface area contributed by atoms with Crippen LogP contribution in [0.3, 0.4) is 0 Å². The van der Waals surface area contributed by atoms with Gasteiger partial charge >= 0.3 is 0 Å². The van der Waals surface area contributed by atoms with Crippen LogP contribution in [-0.2, 0) is 0 Å². The molecule has 3 rings (SSSR count). The molecule has 0 amide bonds. The largest absolute Gasteiger partial charge is 0.397 e. The number of fused-ring (bicyclic) bond motifs is 1. The first-order valence-corrected chi connectivity index (χ1v) is 8.29. The van der Waals surface area contributed by atoms with Crippen LogP contribution in [0.15, 0.2) is 12.3 Å². The number of anilines is 1. The quantitative estimate of drug-likeness (QED) is 0.921. The van der Waals surface area contributed by atoms with Crippen LogP contribution in [-0.4, -0.2) is 14.6 Å². The van der Waals surface area contributed by atoms with E-state index in [4.69, 9.17) is 5.73 Å². The van der Waals surface area contributed by atoms with E-state index in [1.54, 1.807) is 0 Å². The Bertz CT molecular complexity index is 609. The lowest BCUT2D eigenvalue weighted by molar-refractivity contribution is 0.298. The number of pyridine rings is 1. The first-order chi connectivity index (χ1) is 10.2. The zero-order chi connectivity index (χ0) is 14.8. The Balaban J connectivity index is 1.75. The van der Waals surface area contributed by atoms with Crippen molar-refractivity contribution >= 4 is 11.3 Å². The zero-order valence-corrected chi connectivity index (χ0v) is 13.2. The van der Waals surface area contributed by atoms with Gasteiger partial charge in [0.15, 0.2) is 5.65 Å². The molecule has 0 spiro atoms. The van der Waals surface area contributed by atoms with E-state index in [-0.39, 0.29) is 0 Å². The van der Waals surface area contributed by atoms with Crippen molar-refractivity contribution in [3.05, 3.63) is 23.7 Å². The second kappa shape index (κ2) is 6.04. The van der Waals surface area contributed by atoms with Crippen LogP contribution in [0.5, 0.6) is 0 Å². The molecule has 1 saturated carbocycles. The zero-order valence-electron chi connectivity index (χ0n) is 13.2. The molecule has 4 heteroatoms. The minimum absolute atomic E-state index is 0.542. The van der Waals surface area contributed by atoms with E-state index in [1.165, 1.54) is 44.9 Å². The van der Waals surface area contributed by atoms with Gasteiger partial charge in [-0.2, -0.15) is 0 Å². The van der Waals surface area contributed by atoms with Gasteiger partial charge in [-0.25, -0.2) is 0 Å². The number of aromatic nitrogens is 3. The Hall–Kier alpha value is -1.58. The molecule has 1 aliphatic rings. The maximum atomic E-state index is 6.04. The van der Waals surface area contributed by atoms with Crippen LogP contribution in [0, 0.1) is 12.8 Å². The van der Waals surface area contributed by atoms with Crippen molar-refractivity contribution in [1.29, 1.82) is 0 Å². The predicted molar refractivity (Wildman–Crippen MR) is 86.4 cm³/mol. The van der Waals surface area contributed by atoms with E-state index >= 15 is 0 Å². The Morgan fingerprint density at radius 1 is 1.24 bits per heavy atom. The normalized spacial score (nSPS) is 22.8. The number of hydrogen-bond acceptors (Lipinski definition) is 3. The van der Waals surface area contributed by atoms with Gasteiger partial charge in [-0.15, -0.1) is 10.2 Å². The third kappa shape index (κ3) is 2.89. The van der Waals surface area contributed by atoms with Crippen LogP contribution < -0.4 is 5.73 Å². The second-order valence-corrected chi connectivity index (χ2v) is 6.56. The first kappa shape index (κ1) is 14.4. The fourth-order valence-corrected chi connectivity index (χ4v) is 3.55. The maximum Gasteiger partial charge on any atom is 0.161 e. The Kier molecular flexibility index (Phi) is 4.13. The van der Waals surface area contributed by atoms with Crippen molar-refractivity contribution in [3.8, 4) is 0 Å². The number of rotatable bonds is 4. The van der Waals surface area contributed by atoms with Crippen molar-refractivity contribution in [2.45, 2.75) is 64.7 Å². The molecule has 1 fully saturated rings. The number of nitrogen functional groups attached to an aromatic ring is 1. The monoisotopic (exact) mass is 286 g/mol. The smallest absolute Gasteiger partial charge is 0.161 e. The minimum atomic E-state index is 0.542. The summed E-state index contributed by atoms with van der Waals surface area (Å²) < 4.78 is 2.10. The van der Waals surface area contributed by atoms with Gasteiger partial charge in [0.25, 0.3) is 0 Å². The van der Waals surface area contributed by atoms with Gasteiger partial charge in [-0.1, -0.05) is 26.2 Å². The molecule has 0 aliphatic heterocycles. The summed E-state index contributed by atoms with van der Waals surface area (Å²) in [6, 6.07) is 2.03. The third-order valence-electron chi connectivity index (χ3n) is 5.00. The fourth-order valence-electron chi connectivity index (χ4n) is 3.55. The molecule has 0 saturated heterocycles. The molecule has 21 heavy (non-hydrogen) atoms. The molecule has 2 aromatic rings. The van der Waals surface area contributed by atoms with E-state index in [1.807, 2.05) is 19.2 Å². The van der Waals surface area contributed by atoms with Crippen molar-refractivity contribution in [2.24, 2.45) is 5.92 Å². The summed E-state index contributed by atoms with van der Waals surface area (Å²) in [6.45, 7) is 4.29. The molecule has 2 heterocycles. The van der Waals surface area contributed by atoms with E-state index < -0.39 is 0 Å². The second-order valence-electron chi connectivity index (χ2n) is 6.56. The van der Waals surface area contributed by atoms with Gasteiger partial charge in [0.2, 0.25) is 0 Å². The number of unbranched alkanes of at least 4 members (excludes halogenated alkanes) is 1. The Morgan fingerprint density at radius 2 is 2.00 bits per heavy atom. The highest BCUT2D eigenvalue weighted by Gasteiger charge is 2.25. The van der Waals surface area contributed by atoms with E-state index in [0.29, 0.717) is 5.92 Å². The van der Waals surface area contributed by atoms with Crippen LogP contribution in [0.4, 0.5) is 5.69 Å². The standard InChI is InChI=1S/C17H26N4/c1-3-4-5-13-6-8-14(9-7-13)17-20-19-16-10-12(2)15(18)11-21(16)17/h10-11,13-14H,3-9,18H2,1-2H3. The van der Waals surface area contributed by atoms with Gasteiger partial charge in [0.1, 0.15) is 5.82 Å². The molecule has 0 atom stereocenters. The summed E-state index contributed by atoms with van der Waals surface area (Å²) in [5, 5.41) is 8.77. The summed E-state index contributed by atoms with van der Waals surface area (Å²) >= 11 is 0. The number of nitrogens with two attached hydrogens (primary N) is 1. The maximum absolute atomic E-state index is 6.04. The molecule has 0 bridgehead atoms. The average molecular weight is 286 g/mol. The highest BCUT2D eigenvalue weighted by Crippen LogP contribution is 2.37. The van der Waals surface area contributed by atoms with E-state index in [0.717, 1.165) is 28.6 Å². The molecule has 1 aliphatic carbocycles. The molecule has 0 radical (unpaired) electrons. The summed E-state index contributed by atoms with van der Waals surface area (Å²) in [7, 11) is 0. The molecule has 0 unspecified atom stereocenters. The fraction of sp³-hybridized carbons (Fsp3) is 0.647. The van der Waals surface area contributed by atoms with Crippen LogP contribution in [0.2, 0.25) is 0 Å². The van der Waals surface area contributed by atoms with Crippen LogP contribution >= 0.6 is 0 Å². The lowest BCUT2D eigenvalue weighted by Gasteiger charge is -2.27. The summed E-state index contributed by atoms with van der Waals surface area (Å²) in [4.78, 5) is 0. The van der Waals surface area contributed by atoms with E-state index in [9.17, 15) is 0 Å². The highest BCUT2D eigenvalue weighted by atomic mass is 15.2. The summed E-state index contributed by atoms with van der Waals surface area (Å²) in [5.74, 6) is 2.57. The minimum Gasteiger partial charge on any atom is -0.397 e. The van der Waals surface area contributed by atoms with Crippen molar-refractivity contribution in [1.82, 2.24) is 14.6 Å². The SMILES string of the molecule is CCCCC1CCC(c2nnc3cc(C)c(N)cn23)CC1. The Morgan fingerprint density at radius 3 is 2.71 bits per heavy atom. The number of aryl methyl sites for hydroxylation is 1. The molecule has 2 N–H and O–H groups in total. The third-order valence-corrected chi connectivity index (χ3v) is 5.00. The topological polar surface area (TPSA) is 56.2 Å². The molecular weight excluding hydrogens is 260 g/mol. The van der Waals surface area contributed by atoms with Crippen LogP contribution in [0.1, 0.15) is 69.2 Å². The van der Waals surface area contributed by atoms with Crippen LogP contribution in [0.25, 0.3) is 5.65 Å². The summed E-state index contributed by atoms with van der Waals surface area (Å²) in [6.07, 6.45) is 11.2. The molecule has 0 aromatic carbocycles. The lowest BCUT2D eigenvalue weighted by atomic mass is 9.79. The molecule has 2 aromatic heterocycles. The van der Waals surface area contributed by atoms with Gasteiger partial charge in [0, 0.05) is 12.1 Å². The summed E-state index contributed by atoms with van der Waals surface area (Å²) in [5.41, 5.74) is 8.86.